The monoisotopic (exact) mass is 229 g/mol. The van der Waals surface area contributed by atoms with Crippen molar-refractivity contribution in [1.29, 1.82) is 0 Å². The Labute approximate surface area is 90.5 Å². The number of aliphatic hydroxyl groups excluding tert-OH is 1. The van der Waals surface area contributed by atoms with Gasteiger partial charge in [-0.05, 0) is 12.8 Å². The van der Waals surface area contributed by atoms with Crippen molar-refractivity contribution in [3.8, 4) is 0 Å². The van der Waals surface area contributed by atoms with Gasteiger partial charge < -0.3 is 20.1 Å². The number of ether oxygens (including phenoxy) is 1. The molecule has 0 bridgehead atoms. The second kappa shape index (κ2) is 4.58. The van der Waals surface area contributed by atoms with Crippen LogP contribution in [-0.2, 0) is 4.74 Å². The molecule has 88 valence electrons. The molecule has 0 spiro atoms. The molecule has 6 nitrogen and oxygen atoms in total. The molecule has 7 heteroatoms. The van der Waals surface area contributed by atoms with E-state index in [9.17, 15) is 9.18 Å². The smallest absolute Gasteiger partial charge is 0.347 e. The summed E-state index contributed by atoms with van der Waals surface area (Å²) in [6.45, 7) is -0.0660. The molecule has 0 saturated carbocycles. The van der Waals surface area contributed by atoms with Gasteiger partial charge in [0.1, 0.15) is 6.23 Å². The number of nitrogens with one attached hydrogen (secondary N) is 2. The summed E-state index contributed by atoms with van der Waals surface area (Å²) in [5.74, 6) is -0.775. The third-order valence-electron chi connectivity index (χ3n) is 2.37. The highest BCUT2D eigenvalue weighted by Crippen LogP contribution is 2.20. The van der Waals surface area contributed by atoms with Crippen molar-refractivity contribution in [2.75, 3.05) is 11.9 Å². The first-order valence-electron chi connectivity index (χ1n) is 4.97. The fourth-order valence-electron chi connectivity index (χ4n) is 1.58. The van der Waals surface area contributed by atoms with E-state index in [1.165, 1.54) is 0 Å². The Bertz CT molecular complexity index is 423. The van der Waals surface area contributed by atoms with E-state index in [0.29, 0.717) is 12.8 Å². The van der Waals surface area contributed by atoms with Crippen molar-refractivity contribution >= 4 is 5.82 Å². The molecule has 0 amide bonds. The van der Waals surface area contributed by atoms with Crippen molar-refractivity contribution in [2.45, 2.75) is 25.2 Å². The lowest BCUT2D eigenvalue weighted by Gasteiger charge is -2.14. The number of aromatic amines is 1. The first-order chi connectivity index (χ1) is 7.69. The minimum Gasteiger partial charge on any atom is -0.394 e. The van der Waals surface area contributed by atoms with Crippen molar-refractivity contribution in [3.05, 3.63) is 22.5 Å². The molecule has 1 aromatic heterocycles. The van der Waals surface area contributed by atoms with Gasteiger partial charge >= 0.3 is 5.69 Å². The van der Waals surface area contributed by atoms with E-state index in [0.717, 1.165) is 6.20 Å². The molecule has 1 aliphatic heterocycles. The van der Waals surface area contributed by atoms with E-state index in [1.807, 2.05) is 0 Å². The zero-order valence-corrected chi connectivity index (χ0v) is 8.44. The largest absolute Gasteiger partial charge is 0.394 e. The summed E-state index contributed by atoms with van der Waals surface area (Å²) < 4.78 is 18.5. The maximum absolute atomic E-state index is 13.2. The molecule has 0 aromatic carbocycles. The van der Waals surface area contributed by atoms with Crippen LogP contribution in [0.1, 0.15) is 12.8 Å². The van der Waals surface area contributed by atoms with Gasteiger partial charge in [0.25, 0.3) is 0 Å². The third kappa shape index (κ3) is 2.37. The van der Waals surface area contributed by atoms with E-state index < -0.39 is 17.7 Å². The summed E-state index contributed by atoms with van der Waals surface area (Å²) in [6, 6.07) is 0. The van der Waals surface area contributed by atoms with Gasteiger partial charge in [-0.15, -0.1) is 0 Å². The van der Waals surface area contributed by atoms with Crippen LogP contribution >= 0.6 is 0 Å². The number of anilines is 1. The number of rotatable bonds is 3. The molecule has 1 saturated heterocycles. The number of aromatic nitrogens is 2. The molecular formula is C9H12FN3O3. The van der Waals surface area contributed by atoms with Gasteiger partial charge in [0.15, 0.2) is 11.6 Å². The minimum absolute atomic E-state index is 0.0660. The molecule has 0 aliphatic carbocycles. The molecule has 3 N–H and O–H groups in total. The number of aliphatic hydroxyl groups is 1. The van der Waals surface area contributed by atoms with Gasteiger partial charge in [0.2, 0.25) is 0 Å². The summed E-state index contributed by atoms with van der Waals surface area (Å²) in [6.07, 6.45) is 1.62. The van der Waals surface area contributed by atoms with Crippen LogP contribution in [-0.4, -0.2) is 34.0 Å². The lowest BCUT2D eigenvalue weighted by molar-refractivity contribution is 0.0232. The molecule has 1 fully saturated rings. The summed E-state index contributed by atoms with van der Waals surface area (Å²) in [7, 11) is 0. The molecule has 2 atom stereocenters. The van der Waals surface area contributed by atoms with E-state index >= 15 is 0 Å². The highest BCUT2D eigenvalue weighted by molar-refractivity contribution is 5.34. The molecule has 0 radical (unpaired) electrons. The average Bonchev–Trinajstić information content (AvgIpc) is 2.71. The van der Waals surface area contributed by atoms with E-state index in [2.05, 4.69) is 15.3 Å². The normalized spacial score (nSPS) is 24.6. The third-order valence-corrected chi connectivity index (χ3v) is 2.37. The second-order valence-corrected chi connectivity index (χ2v) is 3.55. The first-order valence-corrected chi connectivity index (χ1v) is 4.97. The molecule has 2 heterocycles. The number of hydrogen-bond donors (Lipinski definition) is 3. The maximum Gasteiger partial charge on any atom is 0.347 e. The highest BCUT2D eigenvalue weighted by atomic mass is 19.1. The van der Waals surface area contributed by atoms with Gasteiger partial charge in [-0.1, -0.05) is 0 Å². The van der Waals surface area contributed by atoms with Crippen LogP contribution in [0.2, 0.25) is 0 Å². The van der Waals surface area contributed by atoms with Gasteiger partial charge in [-0.2, -0.15) is 4.98 Å². The maximum atomic E-state index is 13.2. The number of H-pyrrole nitrogens is 1. The fourth-order valence-corrected chi connectivity index (χ4v) is 1.58. The Hall–Kier alpha value is -1.47. The average molecular weight is 229 g/mol. The van der Waals surface area contributed by atoms with Crippen LogP contribution in [0.25, 0.3) is 0 Å². The lowest BCUT2D eigenvalue weighted by Crippen LogP contribution is -2.24. The lowest BCUT2D eigenvalue weighted by atomic mass is 10.2. The van der Waals surface area contributed by atoms with Crippen LogP contribution in [0.3, 0.4) is 0 Å². The molecule has 0 unspecified atom stereocenters. The van der Waals surface area contributed by atoms with Gasteiger partial charge in [-0.25, -0.2) is 9.18 Å². The van der Waals surface area contributed by atoms with Crippen molar-refractivity contribution in [2.24, 2.45) is 0 Å². The van der Waals surface area contributed by atoms with Crippen LogP contribution in [0, 0.1) is 5.82 Å². The van der Waals surface area contributed by atoms with Crippen molar-refractivity contribution in [3.63, 3.8) is 0 Å². The topological polar surface area (TPSA) is 87.2 Å². The Balaban J connectivity index is 2.04. The molecular weight excluding hydrogens is 217 g/mol. The van der Waals surface area contributed by atoms with Gasteiger partial charge in [-0.3, -0.25) is 0 Å². The molecule has 1 aliphatic rings. The minimum atomic E-state index is -0.643. The quantitative estimate of drug-likeness (QED) is 0.669. The van der Waals surface area contributed by atoms with E-state index in [-0.39, 0.29) is 18.5 Å². The van der Waals surface area contributed by atoms with E-state index in [1.54, 1.807) is 0 Å². The van der Waals surface area contributed by atoms with Crippen molar-refractivity contribution < 1.29 is 14.2 Å². The highest BCUT2D eigenvalue weighted by Gasteiger charge is 2.25. The molecule has 1 aromatic rings. The number of halogens is 1. The van der Waals surface area contributed by atoms with Crippen molar-refractivity contribution in [1.82, 2.24) is 9.97 Å². The summed E-state index contributed by atoms with van der Waals surface area (Å²) in [5.41, 5.74) is -0.624. The summed E-state index contributed by atoms with van der Waals surface area (Å²) in [4.78, 5) is 16.5. The fraction of sp³-hybridized carbons (Fsp3) is 0.556. The van der Waals surface area contributed by atoms with Crippen LogP contribution in [0.5, 0.6) is 0 Å². The Morgan fingerprint density at radius 2 is 2.50 bits per heavy atom. The zero-order chi connectivity index (χ0) is 11.5. The van der Waals surface area contributed by atoms with Gasteiger partial charge in [0.05, 0.1) is 12.7 Å². The number of nitrogens with zero attached hydrogens (tertiary/aromatic N) is 1. The first kappa shape index (κ1) is 11.0. The summed E-state index contributed by atoms with van der Waals surface area (Å²) in [5, 5.41) is 11.5. The predicted octanol–water partition coefficient (Wildman–Crippen LogP) is -0.182. The predicted molar refractivity (Wildman–Crippen MR) is 53.4 cm³/mol. The zero-order valence-electron chi connectivity index (χ0n) is 8.44. The Morgan fingerprint density at radius 1 is 1.69 bits per heavy atom. The Kier molecular flexibility index (Phi) is 3.16. The number of hydrogen-bond acceptors (Lipinski definition) is 5. The molecule has 16 heavy (non-hydrogen) atoms. The Morgan fingerprint density at radius 3 is 3.19 bits per heavy atom. The standard InChI is InChI=1S/C9H12FN3O3/c10-6-3-11-9(15)13-8(6)12-7-2-1-5(4-14)16-7/h3,5,7,14H,1-2,4H2,(H2,11,12,13,15)/t5-,7+/m1/s1. The van der Waals surface area contributed by atoms with Crippen LogP contribution in [0.4, 0.5) is 10.2 Å². The van der Waals surface area contributed by atoms with Gasteiger partial charge in [0, 0.05) is 6.20 Å². The SMILES string of the molecule is O=c1nc(N[C@@H]2CC[C@H](CO)O2)c(F)c[nH]1. The second-order valence-electron chi connectivity index (χ2n) is 3.55. The van der Waals surface area contributed by atoms with Crippen LogP contribution < -0.4 is 11.0 Å². The van der Waals surface area contributed by atoms with Crippen LogP contribution in [0.15, 0.2) is 11.0 Å². The molecule has 2 rings (SSSR count). The summed E-state index contributed by atoms with van der Waals surface area (Å²) >= 11 is 0. The van der Waals surface area contributed by atoms with E-state index in [4.69, 9.17) is 9.84 Å².